The van der Waals surface area contributed by atoms with Gasteiger partial charge < -0.3 is 10.4 Å². The minimum atomic E-state index is -0.641. The Balaban J connectivity index is 2.17. The van der Waals surface area contributed by atoms with Gasteiger partial charge in [-0.3, -0.25) is 4.79 Å². The Hall–Kier alpha value is -2.13. The maximum absolute atomic E-state index is 10.9. The number of amides is 1. The quantitative estimate of drug-likeness (QED) is 0.868. The molecule has 0 heterocycles. The molecule has 1 atom stereocenters. The van der Waals surface area contributed by atoms with Crippen LogP contribution in [-0.4, -0.2) is 11.0 Å². The standard InChI is InChI=1S/C15H15NO2/c1-11(17)16-14-9-7-13(8-10-14)15(18)12-5-3-2-4-6-12/h2-10,15,18H,1H3,(H,16,17). The molecule has 0 saturated carbocycles. The highest BCUT2D eigenvalue weighted by Crippen LogP contribution is 2.22. The first-order valence-electron chi connectivity index (χ1n) is 5.77. The minimum absolute atomic E-state index is 0.105. The van der Waals surface area contributed by atoms with Gasteiger partial charge in [0.05, 0.1) is 0 Å². The number of hydrogen-bond acceptors (Lipinski definition) is 2. The normalized spacial score (nSPS) is 11.9. The molecule has 18 heavy (non-hydrogen) atoms. The Morgan fingerprint density at radius 3 is 2.11 bits per heavy atom. The van der Waals surface area contributed by atoms with Crippen LogP contribution in [0.25, 0.3) is 0 Å². The zero-order valence-electron chi connectivity index (χ0n) is 10.1. The second-order valence-electron chi connectivity index (χ2n) is 4.12. The predicted octanol–water partition coefficient (Wildman–Crippen LogP) is 2.73. The largest absolute Gasteiger partial charge is 0.384 e. The summed E-state index contributed by atoms with van der Waals surface area (Å²) in [6, 6.07) is 16.6. The smallest absolute Gasteiger partial charge is 0.221 e. The summed E-state index contributed by atoms with van der Waals surface area (Å²) in [6.07, 6.45) is -0.641. The molecule has 2 rings (SSSR count). The number of hydrogen-bond donors (Lipinski definition) is 2. The van der Waals surface area contributed by atoms with Crippen molar-refractivity contribution in [2.24, 2.45) is 0 Å². The van der Waals surface area contributed by atoms with Crippen LogP contribution in [0.3, 0.4) is 0 Å². The van der Waals surface area contributed by atoms with E-state index < -0.39 is 6.10 Å². The first-order chi connectivity index (χ1) is 8.66. The maximum Gasteiger partial charge on any atom is 0.221 e. The number of carbonyl (C=O) groups excluding carboxylic acids is 1. The molecule has 1 amide bonds. The summed E-state index contributed by atoms with van der Waals surface area (Å²) >= 11 is 0. The average molecular weight is 241 g/mol. The summed E-state index contributed by atoms with van der Waals surface area (Å²) in [5.41, 5.74) is 2.38. The lowest BCUT2D eigenvalue weighted by molar-refractivity contribution is -0.114. The lowest BCUT2D eigenvalue weighted by Crippen LogP contribution is -2.06. The summed E-state index contributed by atoms with van der Waals surface area (Å²) in [7, 11) is 0. The summed E-state index contributed by atoms with van der Waals surface area (Å²) in [6.45, 7) is 1.47. The van der Waals surface area contributed by atoms with Gasteiger partial charge in [0, 0.05) is 12.6 Å². The first-order valence-corrected chi connectivity index (χ1v) is 5.77. The van der Waals surface area contributed by atoms with Crippen molar-refractivity contribution in [3.8, 4) is 0 Å². The van der Waals surface area contributed by atoms with Gasteiger partial charge in [0.15, 0.2) is 0 Å². The fourth-order valence-electron chi connectivity index (χ4n) is 1.78. The first kappa shape index (κ1) is 12.3. The summed E-state index contributed by atoms with van der Waals surface area (Å²) < 4.78 is 0. The van der Waals surface area contributed by atoms with E-state index in [2.05, 4.69) is 5.32 Å². The fraction of sp³-hybridized carbons (Fsp3) is 0.133. The van der Waals surface area contributed by atoms with Gasteiger partial charge in [0.2, 0.25) is 5.91 Å². The molecule has 0 saturated heterocycles. The van der Waals surface area contributed by atoms with Crippen molar-refractivity contribution >= 4 is 11.6 Å². The number of aliphatic hydroxyl groups is 1. The summed E-state index contributed by atoms with van der Waals surface area (Å²) in [5.74, 6) is -0.105. The SMILES string of the molecule is CC(=O)Nc1ccc(C(O)c2ccccc2)cc1. The third kappa shape index (κ3) is 2.96. The van der Waals surface area contributed by atoms with Crippen LogP contribution in [0.2, 0.25) is 0 Å². The zero-order valence-corrected chi connectivity index (χ0v) is 10.1. The second kappa shape index (κ2) is 5.47. The number of aliphatic hydroxyl groups excluding tert-OH is 1. The molecule has 0 aliphatic carbocycles. The molecular weight excluding hydrogens is 226 g/mol. The molecule has 0 aromatic heterocycles. The molecule has 0 aliphatic heterocycles. The highest BCUT2D eigenvalue weighted by Gasteiger charge is 2.09. The van der Waals surface area contributed by atoms with E-state index in [-0.39, 0.29) is 5.91 Å². The molecular formula is C15H15NO2. The molecule has 1 unspecified atom stereocenters. The van der Waals surface area contributed by atoms with Crippen molar-refractivity contribution in [1.29, 1.82) is 0 Å². The Morgan fingerprint density at radius 1 is 1.00 bits per heavy atom. The van der Waals surface area contributed by atoms with Crippen LogP contribution in [0.5, 0.6) is 0 Å². The number of anilines is 1. The molecule has 0 aliphatic rings. The molecule has 92 valence electrons. The van der Waals surface area contributed by atoms with Crippen molar-refractivity contribution in [3.05, 3.63) is 65.7 Å². The lowest BCUT2D eigenvalue weighted by atomic mass is 10.0. The molecule has 0 fully saturated rings. The fourth-order valence-corrected chi connectivity index (χ4v) is 1.78. The van der Waals surface area contributed by atoms with Gasteiger partial charge in [-0.25, -0.2) is 0 Å². The third-order valence-electron chi connectivity index (χ3n) is 2.66. The Bertz CT molecular complexity index is 520. The van der Waals surface area contributed by atoms with Crippen molar-refractivity contribution < 1.29 is 9.90 Å². The van der Waals surface area contributed by atoms with Gasteiger partial charge in [-0.1, -0.05) is 42.5 Å². The van der Waals surface area contributed by atoms with E-state index in [4.69, 9.17) is 0 Å². The summed E-state index contributed by atoms with van der Waals surface area (Å²) in [5, 5.41) is 12.9. The molecule has 0 radical (unpaired) electrons. The number of benzene rings is 2. The minimum Gasteiger partial charge on any atom is -0.384 e. The van der Waals surface area contributed by atoms with Gasteiger partial charge >= 0.3 is 0 Å². The van der Waals surface area contributed by atoms with Crippen molar-refractivity contribution in [3.63, 3.8) is 0 Å². The van der Waals surface area contributed by atoms with Crippen LogP contribution in [0, 0.1) is 0 Å². The lowest BCUT2D eigenvalue weighted by Gasteiger charge is -2.12. The van der Waals surface area contributed by atoms with Crippen molar-refractivity contribution in [2.45, 2.75) is 13.0 Å². The Morgan fingerprint density at radius 2 is 1.56 bits per heavy atom. The van der Waals surface area contributed by atoms with Gasteiger partial charge in [0.1, 0.15) is 6.10 Å². The van der Waals surface area contributed by atoms with Gasteiger partial charge in [-0.15, -0.1) is 0 Å². The van der Waals surface area contributed by atoms with Crippen LogP contribution in [0.4, 0.5) is 5.69 Å². The number of nitrogens with one attached hydrogen (secondary N) is 1. The Kier molecular flexibility index (Phi) is 3.75. The monoisotopic (exact) mass is 241 g/mol. The molecule has 3 nitrogen and oxygen atoms in total. The van der Waals surface area contributed by atoms with Crippen LogP contribution in [0.15, 0.2) is 54.6 Å². The third-order valence-corrected chi connectivity index (χ3v) is 2.66. The van der Waals surface area contributed by atoms with E-state index in [9.17, 15) is 9.90 Å². The van der Waals surface area contributed by atoms with E-state index in [1.54, 1.807) is 12.1 Å². The van der Waals surface area contributed by atoms with Gasteiger partial charge in [-0.2, -0.15) is 0 Å². The van der Waals surface area contributed by atoms with E-state index in [0.29, 0.717) is 0 Å². The maximum atomic E-state index is 10.9. The molecule has 2 N–H and O–H groups in total. The van der Waals surface area contributed by atoms with E-state index in [1.165, 1.54) is 6.92 Å². The number of carbonyl (C=O) groups is 1. The van der Waals surface area contributed by atoms with Crippen molar-refractivity contribution in [2.75, 3.05) is 5.32 Å². The molecule has 0 bridgehead atoms. The molecule has 2 aromatic carbocycles. The molecule has 3 heteroatoms. The van der Waals surface area contributed by atoms with Gasteiger partial charge in [-0.05, 0) is 23.3 Å². The van der Waals surface area contributed by atoms with Crippen molar-refractivity contribution in [1.82, 2.24) is 0 Å². The van der Waals surface area contributed by atoms with Crippen LogP contribution in [0.1, 0.15) is 24.2 Å². The molecule has 0 spiro atoms. The molecule has 2 aromatic rings. The zero-order chi connectivity index (χ0) is 13.0. The summed E-state index contributed by atoms with van der Waals surface area (Å²) in [4.78, 5) is 10.9. The van der Waals surface area contributed by atoms with Gasteiger partial charge in [0.25, 0.3) is 0 Å². The van der Waals surface area contributed by atoms with E-state index in [1.807, 2.05) is 42.5 Å². The van der Waals surface area contributed by atoms with Crippen LogP contribution < -0.4 is 5.32 Å². The van der Waals surface area contributed by atoms with Crippen LogP contribution >= 0.6 is 0 Å². The highest BCUT2D eigenvalue weighted by molar-refractivity contribution is 5.88. The average Bonchev–Trinajstić information content (AvgIpc) is 2.39. The number of rotatable bonds is 3. The van der Waals surface area contributed by atoms with Crippen LogP contribution in [-0.2, 0) is 4.79 Å². The predicted molar refractivity (Wildman–Crippen MR) is 71.2 cm³/mol. The second-order valence-corrected chi connectivity index (χ2v) is 4.12. The Labute approximate surface area is 106 Å². The topological polar surface area (TPSA) is 49.3 Å². The highest BCUT2D eigenvalue weighted by atomic mass is 16.3. The van der Waals surface area contributed by atoms with E-state index in [0.717, 1.165) is 16.8 Å². The van der Waals surface area contributed by atoms with E-state index >= 15 is 0 Å².